The van der Waals surface area contributed by atoms with Gasteiger partial charge in [-0.3, -0.25) is 9.78 Å². The van der Waals surface area contributed by atoms with E-state index < -0.39 is 0 Å². The molecule has 0 aromatic carbocycles. The van der Waals surface area contributed by atoms with Gasteiger partial charge >= 0.3 is 0 Å². The highest BCUT2D eigenvalue weighted by Gasteiger charge is 2.07. The first-order valence-corrected chi connectivity index (χ1v) is 3.35. The van der Waals surface area contributed by atoms with Crippen molar-refractivity contribution in [1.29, 1.82) is 5.26 Å². The van der Waals surface area contributed by atoms with Crippen LogP contribution in [0.15, 0.2) is 18.5 Å². The van der Waals surface area contributed by atoms with Gasteiger partial charge in [0.05, 0.1) is 11.1 Å². The standard InChI is InChI=1S/C8H7N3O/c1-10-8(12)7-5-11-3-2-6(7)4-9/h2-3,5H,1H3,(H,10,12). The van der Waals surface area contributed by atoms with Gasteiger partial charge in [-0.05, 0) is 6.07 Å². The molecule has 0 aliphatic rings. The van der Waals surface area contributed by atoms with Crippen molar-refractivity contribution < 1.29 is 4.79 Å². The fourth-order valence-corrected chi connectivity index (χ4v) is 0.808. The fraction of sp³-hybridized carbons (Fsp3) is 0.125. The van der Waals surface area contributed by atoms with Gasteiger partial charge in [-0.25, -0.2) is 0 Å². The van der Waals surface area contributed by atoms with Gasteiger partial charge in [-0.15, -0.1) is 0 Å². The molecule has 1 amide bonds. The molecule has 1 aromatic rings. The monoisotopic (exact) mass is 161 g/mol. The van der Waals surface area contributed by atoms with Crippen LogP contribution in [0.5, 0.6) is 0 Å². The predicted molar refractivity (Wildman–Crippen MR) is 42.3 cm³/mol. The second kappa shape index (κ2) is 3.49. The molecule has 12 heavy (non-hydrogen) atoms. The number of carbonyl (C=O) groups excluding carboxylic acids is 1. The summed E-state index contributed by atoms with van der Waals surface area (Å²) < 4.78 is 0. The van der Waals surface area contributed by atoms with Crippen LogP contribution in [-0.2, 0) is 0 Å². The molecule has 0 aliphatic carbocycles. The SMILES string of the molecule is CNC(=O)c1cnccc1C#N. The van der Waals surface area contributed by atoms with E-state index in [4.69, 9.17) is 5.26 Å². The molecular weight excluding hydrogens is 154 g/mol. The van der Waals surface area contributed by atoms with Gasteiger partial charge < -0.3 is 5.32 Å². The summed E-state index contributed by atoms with van der Waals surface area (Å²) in [5.41, 5.74) is 0.645. The Morgan fingerprint density at radius 3 is 3.08 bits per heavy atom. The Morgan fingerprint density at radius 2 is 2.50 bits per heavy atom. The summed E-state index contributed by atoms with van der Waals surface area (Å²) in [6, 6.07) is 3.41. The van der Waals surface area contributed by atoms with Crippen molar-refractivity contribution in [3.05, 3.63) is 29.6 Å². The molecular formula is C8H7N3O. The Kier molecular flexibility index (Phi) is 2.38. The van der Waals surface area contributed by atoms with Crippen LogP contribution in [0, 0.1) is 11.3 Å². The summed E-state index contributed by atoms with van der Waals surface area (Å²) in [6.07, 6.45) is 2.85. The Bertz CT molecular complexity index is 340. The lowest BCUT2D eigenvalue weighted by molar-refractivity contribution is 0.0962. The highest BCUT2D eigenvalue weighted by Crippen LogP contribution is 2.03. The van der Waals surface area contributed by atoms with Crippen molar-refractivity contribution in [2.45, 2.75) is 0 Å². The van der Waals surface area contributed by atoms with Gasteiger partial charge in [0.15, 0.2) is 0 Å². The first kappa shape index (κ1) is 8.21. The minimum absolute atomic E-state index is 0.292. The number of nitriles is 1. The lowest BCUT2D eigenvalue weighted by Crippen LogP contribution is -2.19. The molecule has 0 spiro atoms. The van der Waals surface area contributed by atoms with Crippen LogP contribution in [0.3, 0.4) is 0 Å². The molecule has 0 radical (unpaired) electrons. The number of rotatable bonds is 1. The largest absolute Gasteiger partial charge is 0.355 e. The number of nitrogens with one attached hydrogen (secondary N) is 1. The number of hydrogen-bond acceptors (Lipinski definition) is 3. The van der Waals surface area contributed by atoms with Gasteiger partial charge in [0.1, 0.15) is 6.07 Å². The quantitative estimate of drug-likeness (QED) is 0.644. The highest BCUT2D eigenvalue weighted by atomic mass is 16.1. The van der Waals surface area contributed by atoms with Crippen LogP contribution in [0.2, 0.25) is 0 Å². The molecule has 0 saturated carbocycles. The van der Waals surface area contributed by atoms with E-state index in [1.165, 1.54) is 25.5 Å². The minimum Gasteiger partial charge on any atom is -0.355 e. The molecule has 0 unspecified atom stereocenters. The zero-order valence-corrected chi connectivity index (χ0v) is 6.53. The molecule has 0 bridgehead atoms. The predicted octanol–water partition coefficient (Wildman–Crippen LogP) is 0.313. The zero-order chi connectivity index (χ0) is 8.97. The van der Waals surface area contributed by atoms with E-state index in [0.29, 0.717) is 11.1 Å². The van der Waals surface area contributed by atoms with Crippen LogP contribution >= 0.6 is 0 Å². The zero-order valence-electron chi connectivity index (χ0n) is 6.53. The van der Waals surface area contributed by atoms with E-state index in [1.54, 1.807) is 0 Å². The number of pyridine rings is 1. The summed E-state index contributed by atoms with van der Waals surface area (Å²) in [5.74, 6) is -0.292. The molecule has 1 rings (SSSR count). The third-order valence-corrected chi connectivity index (χ3v) is 1.41. The normalized spacial score (nSPS) is 8.67. The number of amides is 1. The van der Waals surface area contributed by atoms with Crippen molar-refractivity contribution in [3.63, 3.8) is 0 Å². The smallest absolute Gasteiger partial charge is 0.253 e. The number of carbonyl (C=O) groups is 1. The van der Waals surface area contributed by atoms with Crippen molar-refractivity contribution in [2.24, 2.45) is 0 Å². The van der Waals surface area contributed by atoms with Crippen LogP contribution in [0.4, 0.5) is 0 Å². The molecule has 1 heterocycles. The Balaban J connectivity index is 3.16. The molecule has 0 atom stereocenters. The summed E-state index contributed by atoms with van der Waals surface area (Å²) >= 11 is 0. The maximum atomic E-state index is 11.1. The molecule has 4 nitrogen and oxygen atoms in total. The second-order valence-electron chi connectivity index (χ2n) is 2.11. The van der Waals surface area contributed by atoms with Gasteiger partial charge in [-0.1, -0.05) is 0 Å². The van der Waals surface area contributed by atoms with Crippen molar-refractivity contribution in [2.75, 3.05) is 7.05 Å². The van der Waals surface area contributed by atoms with Gasteiger partial charge in [0, 0.05) is 19.4 Å². The molecule has 1 aromatic heterocycles. The van der Waals surface area contributed by atoms with Crippen LogP contribution in [0.25, 0.3) is 0 Å². The highest BCUT2D eigenvalue weighted by molar-refractivity contribution is 5.95. The van der Waals surface area contributed by atoms with Crippen molar-refractivity contribution >= 4 is 5.91 Å². The fourth-order valence-electron chi connectivity index (χ4n) is 0.808. The number of hydrogen-bond donors (Lipinski definition) is 1. The number of aromatic nitrogens is 1. The van der Waals surface area contributed by atoms with Crippen molar-refractivity contribution in [1.82, 2.24) is 10.3 Å². The molecule has 0 aliphatic heterocycles. The Morgan fingerprint density at radius 1 is 1.75 bits per heavy atom. The first-order valence-electron chi connectivity index (χ1n) is 3.35. The molecule has 1 N–H and O–H groups in total. The summed E-state index contributed by atoms with van der Waals surface area (Å²) in [7, 11) is 1.51. The topological polar surface area (TPSA) is 65.8 Å². The third-order valence-electron chi connectivity index (χ3n) is 1.41. The van der Waals surface area contributed by atoms with E-state index in [0.717, 1.165) is 0 Å². The van der Waals surface area contributed by atoms with Crippen LogP contribution < -0.4 is 5.32 Å². The molecule has 4 heteroatoms. The van der Waals surface area contributed by atoms with E-state index in [-0.39, 0.29) is 5.91 Å². The van der Waals surface area contributed by atoms with Crippen molar-refractivity contribution in [3.8, 4) is 6.07 Å². The van der Waals surface area contributed by atoms with Gasteiger partial charge in [0.25, 0.3) is 5.91 Å². The Hall–Kier alpha value is -1.89. The first-order chi connectivity index (χ1) is 5.79. The molecule has 0 saturated heterocycles. The maximum Gasteiger partial charge on any atom is 0.253 e. The van der Waals surface area contributed by atoms with Gasteiger partial charge in [0.2, 0.25) is 0 Å². The lowest BCUT2D eigenvalue weighted by atomic mass is 10.1. The average molecular weight is 161 g/mol. The van der Waals surface area contributed by atoms with Gasteiger partial charge in [-0.2, -0.15) is 5.26 Å². The Labute approximate surface area is 69.8 Å². The minimum atomic E-state index is -0.292. The van der Waals surface area contributed by atoms with E-state index in [9.17, 15) is 4.79 Å². The van der Waals surface area contributed by atoms with E-state index in [1.807, 2.05) is 6.07 Å². The third kappa shape index (κ3) is 1.40. The summed E-state index contributed by atoms with van der Waals surface area (Å²) in [4.78, 5) is 14.8. The number of nitrogens with zero attached hydrogens (tertiary/aromatic N) is 2. The van der Waals surface area contributed by atoms with Crippen LogP contribution in [0.1, 0.15) is 15.9 Å². The molecule has 0 fully saturated rings. The van der Waals surface area contributed by atoms with E-state index in [2.05, 4.69) is 10.3 Å². The average Bonchev–Trinajstić information content (AvgIpc) is 2.16. The van der Waals surface area contributed by atoms with E-state index >= 15 is 0 Å². The summed E-state index contributed by atoms with van der Waals surface area (Å²) in [5, 5.41) is 11.0. The lowest BCUT2D eigenvalue weighted by Gasteiger charge is -1.99. The maximum absolute atomic E-state index is 11.1. The second-order valence-corrected chi connectivity index (χ2v) is 2.11. The van der Waals surface area contributed by atoms with Crippen LogP contribution in [-0.4, -0.2) is 17.9 Å². The molecule has 60 valence electrons. The summed E-state index contributed by atoms with van der Waals surface area (Å²) in [6.45, 7) is 0.